The number of aliphatic hydroxyl groups is 1. The summed E-state index contributed by atoms with van der Waals surface area (Å²) in [5.74, 6) is -0.0214. The zero-order valence-corrected chi connectivity index (χ0v) is 35.9. The van der Waals surface area contributed by atoms with Crippen LogP contribution in [0.3, 0.4) is 0 Å². The largest absolute Gasteiger partial charge is 0.508 e. The van der Waals surface area contributed by atoms with Gasteiger partial charge in [0.1, 0.15) is 12.6 Å². The number of aliphatic hydroxyl groups excluding tert-OH is 1. The standard InChI is InChI=1S/C46H91NO6/c1-4-7-10-13-15-16-17-22-29-36-44(35-28-12-9-6-3)53-46(50)52-43-34-27-21-19-25-32-39-47(40-41-48)38-31-24-18-20-26-33-42-51-45(49)37-30-23-14-11-8-5-2/h44,48H,4-43H2,1-3H3/p+1. The number of carbonyl (C=O) groups is 2. The van der Waals surface area contributed by atoms with Gasteiger partial charge in [0.05, 0.1) is 32.9 Å². The van der Waals surface area contributed by atoms with E-state index in [0.717, 1.165) is 83.8 Å². The highest BCUT2D eigenvalue weighted by Crippen LogP contribution is 2.18. The summed E-state index contributed by atoms with van der Waals surface area (Å²) in [4.78, 5) is 25.9. The van der Waals surface area contributed by atoms with Crippen molar-refractivity contribution in [3.63, 3.8) is 0 Å². The van der Waals surface area contributed by atoms with Crippen molar-refractivity contribution in [1.29, 1.82) is 0 Å². The number of hydrogen-bond acceptors (Lipinski definition) is 6. The Bertz CT molecular complexity index is 750. The van der Waals surface area contributed by atoms with Crippen molar-refractivity contribution in [2.24, 2.45) is 0 Å². The minimum Gasteiger partial charge on any atom is -0.466 e. The Hall–Kier alpha value is -1.34. The zero-order valence-electron chi connectivity index (χ0n) is 35.9. The fourth-order valence-electron chi connectivity index (χ4n) is 7.28. The van der Waals surface area contributed by atoms with Crippen LogP contribution >= 0.6 is 0 Å². The SMILES string of the molecule is CCCCCCCCCCCC(CCCCCC)OC(=O)OCCCCCCCC[NH+](CCO)CCCCCCCCOC(=O)CCCCCCCC. The lowest BCUT2D eigenvalue weighted by atomic mass is 10.0. The molecule has 7 nitrogen and oxygen atoms in total. The van der Waals surface area contributed by atoms with E-state index in [1.54, 1.807) is 0 Å². The number of quaternary nitrogens is 1. The van der Waals surface area contributed by atoms with Gasteiger partial charge in [-0.3, -0.25) is 4.79 Å². The minimum absolute atomic E-state index is 0.00470. The van der Waals surface area contributed by atoms with E-state index in [0.29, 0.717) is 19.6 Å². The van der Waals surface area contributed by atoms with Crippen molar-refractivity contribution in [1.82, 2.24) is 0 Å². The van der Waals surface area contributed by atoms with E-state index >= 15 is 0 Å². The van der Waals surface area contributed by atoms with Gasteiger partial charge in [-0.15, -0.1) is 0 Å². The second-order valence-electron chi connectivity index (χ2n) is 16.0. The van der Waals surface area contributed by atoms with Gasteiger partial charge in [0.25, 0.3) is 0 Å². The molecule has 0 amide bonds. The van der Waals surface area contributed by atoms with Crippen molar-refractivity contribution in [3.05, 3.63) is 0 Å². The first-order valence-corrected chi connectivity index (χ1v) is 23.5. The van der Waals surface area contributed by atoms with Crippen LogP contribution in [-0.4, -0.2) is 62.8 Å². The number of hydrogen-bond donors (Lipinski definition) is 2. The first kappa shape index (κ1) is 51.7. The van der Waals surface area contributed by atoms with Gasteiger partial charge in [0, 0.05) is 6.42 Å². The van der Waals surface area contributed by atoms with Crippen molar-refractivity contribution < 1.29 is 33.8 Å². The van der Waals surface area contributed by atoms with Gasteiger partial charge in [-0.2, -0.15) is 0 Å². The van der Waals surface area contributed by atoms with Crippen LogP contribution in [0.4, 0.5) is 4.79 Å². The maximum Gasteiger partial charge on any atom is 0.508 e. The number of rotatable bonds is 43. The summed E-state index contributed by atoms with van der Waals surface area (Å²) in [7, 11) is 0. The van der Waals surface area contributed by atoms with Gasteiger partial charge >= 0.3 is 12.1 Å². The second kappa shape index (κ2) is 43.4. The smallest absolute Gasteiger partial charge is 0.466 e. The molecule has 0 rings (SSSR count). The highest BCUT2D eigenvalue weighted by Gasteiger charge is 2.15. The maximum atomic E-state index is 12.5. The van der Waals surface area contributed by atoms with E-state index in [9.17, 15) is 14.7 Å². The first-order valence-electron chi connectivity index (χ1n) is 23.5. The summed E-state index contributed by atoms with van der Waals surface area (Å²) in [6, 6.07) is 0. The van der Waals surface area contributed by atoms with E-state index < -0.39 is 6.16 Å². The third kappa shape index (κ3) is 40.1. The third-order valence-corrected chi connectivity index (χ3v) is 10.8. The van der Waals surface area contributed by atoms with Gasteiger partial charge in [0.15, 0.2) is 0 Å². The predicted octanol–water partition coefficient (Wildman–Crippen LogP) is 12.3. The monoisotopic (exact) mass is 755 g/mol. The number of carbonyl (C=O) groups excluding carboxylic acids is 2. The quantitative estimate of drug-likeness (QED) is 0.0476. The lowest BCUT2D eigenvalue weighted by Gasteiger charge is -2.18. The van der Waals surface area contributed by atoms with Crippen molar-refractivity contribution in [2.45, 2.75) is 245 Å². The fourth-order valence-corrected chi connectivity index (χ4v) is 7.28. The Morgan fingerprint density at radius 1 is 0.453 bits per heavy atom. The molecule has 0 radical (unpaired) electrons. The van der Waals surface area contributed by atoms with Crippen LogP contribution < -0.4 is 4.90 Å². The molecule has 7 heteroatoms. The Labute approximate surface area is 329 Å². The molecule has 0 fully saturated rings. The average molecular weight is 755 g/mol. The molecule has 0 heterocycles. The maximum absolute atomic E-state index is 12.5. The number of esters is 1. The van der Waals surface area contributed by atoms with Gasteiger partial charge in [0.2, 0.25) is 0 Å². The van der Waals surface area contributed by atoms with E-state index in [2.05, 4.69) is 20.8 Å². The Balaban J connectivity index is 3.84. The minimum atomic E-state index is -0.468. The van der Waals surface area contributed by atoms with Crippen LogP contribution in [0.25, 0.3) is 0 Å². The highest BCUT2D eigenvalue weighted by molar-refractivity contribution is 5.69. The first-order chi connectivity index (χ1) is 26.1. The molecular weight excluding hydrogens is 663 g/mol. The van der Waals surface area contributed by atoms with Crippen molar-refractivity contribution in [2.75, 3.05) is 39.5 Å². The summed E-state index contributed by atoms with van der Waals surface area (Å²) < 4.78 is 16.7. The molecule has 0 aromatic rings. The Morgan fingerprint density at radius 2 is 0.830 bits per heavy atom. The van der Waals surface area contributed by atoms with Crippen molar-refractivity contribution in [3.8, 4) is 0 Å². The van der Waals surface area contributed by atoms with Gasteiger partial charge in [-0.05, 0) is 70.6 Å². The van der Waals surface area contributed by atoms with Crippen molar-refractivity contribution >= 4 is 12.1 Å². The molecular formula is C46H92NO6+. The van der Waals surface area contributed by atoms with Crippen LogP contribution in [0.1, 0.15) is 239 Å². The molecule has 2 unspecified atom stereocenters. The Kier molecular flexibility index (Phi) is 42.3. The molecule has 53 heavy (non-hydrogen) atoms. The molecule has 0 saturated heterocycles. The van der Waals surface area contributed by atoms with Crippen LogP contribution in [0, 0.1) is 0 Å². The van der Waals surface area contributed by atoms with Crippen LogP contribution in [0.15, 0.2) is 0 Å². The number of unbranched alkanes of at least 4 members (excludes halogenated alkanes) is 26. The lowest BCUT2D eigenvalue weighted by molar-refractivity contribution is -0.901. The highest BCUT2D eigenvalue weighted by atomic mass is 16.7. The molecule has 0 aliphatic heterocycles. The molecule has 316 valence electrons. The van der Waals surface area contributed by atoms with Gasteiger partial charge in [-0.1, -0.05) is 162 Å². The normalized spacial score (nSPS) is 12.5. The summed E-state index contributed by atoms with van der Waals surface area (Å²) in [6.07, 6.45) is 39.6. The van der Waals surface area contributed by atoms with E-state index in [1.807, 2.05) is 0 Å². The van der Waals surface area contributed by atoms with E-state index in [4.69, 9.17) is 14.2 Å². The molecule has 0 aliphatic carbocycles. The zero-order chi connectivity index (χ0) is 38.7. The van der Waals surface area contributed by atoms with E-state index in [1.165, 1.54) is 153 Å². The van der Waals surface area contributed by atoms with E-state index in [-0.39, 0.29) is 18.7 Å². The summed E-state index contributed by atoms with van der Waals surface area (Å²) in [5.41, 5.74) is 0. The van der Waals surface area contributed by atoms with Crippen LogP contribution in [0.2, 0.25) is 0 Å². The molecule has 2 N–H and O–H groups in total. The molecule has 2 atom stereocenters. The Morgan fingerprint density at radius 3 is 1.30 bits per heavy atom. The molecule has 0 aliphatic rings. The van der Waals surface area contributed by atoms with Gasteiger partial charge in [-0.25, -0.2) is 4.79 Å². The number of nitrogens with one attached hydrogen (secondary N) is 1. The molecule has 0 spiro atoms. The molecule has 0 saturated carbocycles. The second-order valence-corrected chi connectivity index (χ2v) is 16.0. The molecule has 0 aromatic carbocycles. The van der Waals surface area contributed by atoms with Crippen LogP contribution in [-0.2, 0) is 19.0 Å². The van der Waals surface area contributed by atoms with Crippen LogP contribution in [0.5, 0.6) is 0 Å². The summed E-state index contributed by atoms with van der Waals surface area (Å²) >= 11 is 0. The molecule has 0 bridgehead atoms. The average Bonchev–Trinajstić information content (AvgIpc) is 3.15. The summed E-state index contributed by atoms with van der Waals surface area (Å²) in [5, 5.41) is 9.55. The lowest BCUT2D eigenvalue weighted by Crippen LogP contribution is -3.12. The third-order valence-electron chi connectivity index (χ3n) is 10.8. The topological polar surface area (TPSA) is 86.5 Å². The van der Waals surface area contributed by atoms with Gasteiger partial charge < -0.3 is 24.2 Å². The predicted molar refractivity (Wildman–Crippen MR) is 224 cm³/mol. The molecule has 0 aromatic heterocycles. The number of ether oxygens (including phenoxy) is 3. The summed E-state index contributed by atoms with van der Waals surface area (Å²) in [6.45, 7) is 11.1. The fraction of sp³-hybridized carbons (Fsp3) is 0.957.